The summed E-state index contributed by atoms with van der Waals surface area (Å²) in [7, 11) is 2.03. The maximum Gasteiger partial charge on any atom is 0.0425 e. The first-order valence-corrected chi connectivity index (χ1v) is 8.66. The van der Waals surface area contributed by atoms with Crippen LogP contribution >= 0.6 is 15.9 Å². The molecule has 1 saturated heterocycles. The summed E-state index contributed by atoms with van der Waals surface area (Å²) in [5.74, 6) is 0.938. The van der Waals surface area contributed by atoms with Crippen LogP contribution in [0.2, 0.25) is 0 Å². The SMILES string of the molecule is CCCC1CCN(c2cc(Br)ccc2C(C)NC)CC1. The second-order valence-electron chi connectivity index (χ2n) is 5.93. The monoisotopic (exact) mass is 338 g/mol. The Kier molecular flexibility index (Phi) is 5.91. The van der Waals surface area contributed by atoms with Gasteiger partial charge in [-0.05, 0) is 50.4 Å². The van der Waals surface area contributed by atoms with Gasteiger partial charge in [-0.3, -0.25) is 0 Å². The van der Waals surface area contributed by atoms with Crippen molar-refractivity contribution in [3.63, 3.8) is 0 Å². The first-order valence-electron chi connectivity index (χ1n) is 7.87. The first kappa shape index (κ1) is 15.8. The predicted octanol–water partition coefficient (Wildman–Crippen LogP) is 4.75. The van der Waals surface area contributed by atoms with Crippen LogP contribution in [0.3, 0.4) is 0 Å². The molecule has 0 saturated carbocycles. The van der Waals surface area contributed by atoms with Crippen LogP contribution in [0, 0.1) is 5.92 Å². The fourth-order valence-corrected chi connectivity index (χ4v) is 3.53. The Hall–Kier alpha value is -0.540. The van der Waals surface area contributed by atoms with Gasteiger partial charge in [0.1, 0.15) is 0 Å². The molecule has 0 amide bonds. The second kappa shape index (κ2) is 7.46. The van der Waals surface area contributed by atoms with Crippen molar-refractivity contribution in [2.24, 2.45) is 5.92 Å². The summed E-state index contributed by atoms with van der Waals surface area (Å²) < 4.78 is 1.18. The van der Waals surface area contributed by atoms with Crippen LogP contribution in [0.5, 0.6) is 0 Å². The first-order chi connectivity index (χ1) is 9.65. The lowest BCUT2D eigenvalue weighted by Gasteiger charge is -2.35. The minimum Gasteiger partial charge on any atom is -0.371 e. The van der Waals surface area contributed by atoms with Crippen molar-refractivity contribution >= 4 is 21.6 Å². The number of hydrogen-bond acceptors (Lipinski definition) is 2. The topological polar surface area (TPSA) is 15.3 Å². The number of benzene rings is 1. The number of rotatable bonds is 5. The Bertz CT molecular complexity index is 425. The molecule has 0 aromatic heterocycles. The molecule has 1 aliphatic rings. The lowest BCUT2D eigenvalue weighted by Crippen LogP contribution is -2.34. The molecule has 1 aromatic carbocycles. The van der Waals surface area contributed by atoms with E-state index in [1.165, 1.54) is 54.5 Å². The van der Waals surface area contributed by atoms with Gasteiger partial charge >= 0.3 is 0 Å². The Morgan fingerprint density at radius 1 is 1.35 bits per heavy atom. The van der Waals surface area contributed by atoms with Crippen molar-refractivity contribution in [2.45, 2.75) is 45.6 Å². The standard InChI is InChI=1S/C17H27BrN2/c1-4-5-14-8-10-20(11-9-14)17-12-15(18)6-7-16(17)13(2)19-3/h6-7,12-14,19H,4-5,8-11H2,1-3H3. The molecule has 1 N–H and O–H groups in total. The van der Waals surface area contributed by atoms with E-state index >= 15 is 0 Å². The van der Waals surface area contributed by atoms with Crippen molar-refractivity contribution in [1.82, 2.24) is 5.32 Å². The van der Waals surface area contributed by atoms with Gasteiger partial charge in [-0.1, -0.05) is 41.8 Å². The van der Waals surface area contributed by atoms with Crippen LogP contribution in [-0.2, 0) is 0 Å². The molecule has 1 fully saturated rings. The van der Waals surface area contributed by atoms with Crippen LogP contribution < -0.4 is 10.2 Å². The minimum absolute atomic E-state index is 0.395. The molecule has 0 radical (unpaired) electrons. The number of piperidine rings is 1. The minimum atomic E-state index is 0.395. The number of hydrogen-bond donors (Lipinski definition) is 1. The van der Waals surface area contributed by atoms with Gasteiger partial charge in [-0.15, -0.1) is 0 Å². The largest absolute Gasteiger partial charge is 0.371 e. The van der Waals surface area contributed by atoms with Crippen LogP contribution in [0.4, 0.5) is 5.69 Å². The molecular formula is C17H27BrN2. The normalized spacial score (nSPS) is 18.3. The zero-order valence-electron chi connectivity index (χ0n) is 13.0. The molecule has 1 aliphatic heterocycles. The maximum absolute atomic E-state index is 3.62. The number of nitrogens with one attached hydrogen (secondary N) is 1. The summed E-state index contributed by atoms with van der Waals surface area (Å²) in [6.07, 6.45) is 5.40. The zero-order valence-corrected chi connectivity index (χ0v) is 14.5. The third-order valence-corrected chi connectivity index (χ3v) is 5.04. The number of nitrogens with zero attached hydrogens (tertiary/aromatic N) is 1. The number of anilines is 1. The van der Waals surface area contributed by atoms with E-state index in [1.807, 2.05) is 7.05 Å². The Morgan fingerprint density at radius 2 is 2.05 bits per heavy atom. The van der Waals surface area contributed by atoms with Crippen LogP contribution in [0.1, 0.15) is 51.1 Å². The van der Waals surface area contributed by atoms with E-state index in [0.29, 0.717) is 6.04 Å². The smallest absolute Gasteiger partial charge is 0.0425 e. The van der Waals surface area contributed by atoms with Crippen LogP contribution in [0.15, 0.2) is 22.7 Å². The average Bonchev–Trinajstić information content (AvgIpc) is 2.47. The zero-order chi connectivity index (χ0) is 14.5. The van der Waals surface area contributed by atoms with E-state index in [9.17, 15) is 0 Å². The molecule has 20 heavy (non-hydrogen) atoms. The Labute approximate surface area is 132 Å². The molecule has 0 spiro atoms. The lowest BCUT2D eigenvalue weighted by molar-refractivity contribution is 0.378. The average molecular weight is 339 g/mol. The summed E-state index contributed by atoms with van der Waals surface area (Å²) >= 11 is 3.62. The fourth-order valence-electron chi connectivity index (χ4n) is 3.18. The molecule has 1 heterocycles. The third kappa shape index (κ3) is 3.76. The van der Waals surface area contributed by atoms with E-state index < -0.39 is 0 Å². The van der Waals surface area contributed by atoms with Gasteiger partial charge in [-0.25, -0.2) is 0 Å². The second-order valence-corrected chi connectivity index (χ2v) is 6.85. The number of halogens is 1. The van der Waals surface area contributed by atoms with Gasteiger partial charge in [0.2, 0.25) is 0 Å². The van der Waals surface area contributed by atoms with Crippen molar-refractivity contribution in [1.29, 1.82) is 0 Å². The van der Waals surface area contributed by atoms with Crippen LogP contribution in [0.25, 0.3) is 0 Å². The molecule has 2 rings (SSSR count). The summed E-state index contributed by atoms with van der Waals surface area (Å²) in [5.41, 5.74) is 2.81. The highest BCUT2D eigenvalue weighted by Gasteiger charge is 2.21. The molecular weight excluding hydrogens is 312 g/mol. The summed E-state index contributed by atoms with van der Waals surface area (Å²) in [4.78, 5) is 2.57. The van der Waals surface area contributed by atoms with Gasteiger partial charge in [0.25, 0.3) is 0 Å². The summed E-state index contributed by atoms with van der Waals surface area (Å²) in [6, 6.07) is 7.07. The molecule has 0 aliphatic carbocycles. The van der Waals surface area contributed by atoms with Gasteiger partial charge in [0.15, 0.2) is 0 Å². The molecule has 2 nitrogen and oxygen atoms in total. The molecule has 3 heteroatoms. The quantitative estimate of drug-likeness (QED) is 0.833. The van der Waals surface area contributed by atoms with Crippen LogP contribution in [-0.4, -0.2) is 20.1 Å². The van der Waals surface area contributed by atoms with Crippen molar-refractivity contribution < 1.29 is 0 Å². The van der Waals surface area contributed by atoms with Crippen molar-refractivity contribution in [2.75, 3.05) is 25.0 Å². The van der Waals surface area contributed by atoms with Crippen molar-refractivity contribution in [3.05, 3.63) is 28.2 Å². The highest BCUT2D eigenvalue weighted by molar-refractivity contribution is 9.10. The van der Waals surface area contributed by atoms with Gasteiger partial charge < -0.3 is 10.2 Å². The molecule has 1 aromatic rings. The molecule has 1 unspecified atom stereocenters. The molecule has 0 bridgehead atoms. The molecule has 112 valence electrons. The van der Waals surface area contributed by atoms with E-state index in [2.05, 4.69) is 58.2 Å². The highest BCUT2D eigenvalue weighted by atomic mass is 79.9. The highest BCUT2D eigenvalue weighted by Crippen LogP contribution is 2.33. The predicted molar refractivity (Wildman–Crippen MR) is 91.5 cm³/mol. The van der Waals surface area contributed by atoms with E-state index in [0.717, 1.165) is 5.92 Å². The Morgan fingerprint density at radius 3 is 2.65 bits per heavy atom. The summed E-state index contributed by atoms with van der Waals surface area (Å²) in [6.45, 7) is 6.93. The van der Waals surface area contributed by atoms with E-state index in [4.69, 9.17) is 0 Å². The van der Waals surface area contributed by atoms with Gasteiger partial charge in [0, 0.05) is 29.3 Å². The maximum atomic E-state index is 3.62. The van der Waals surface area contributed by atoms with Gasteiger partial charge in [0.05, 0.1) is 0 Å². The van der Waals surface area contributed by atoms with Crippen molar-refractivity contribution in [3.8, 4) is 0 Å². The molecule has 1 atom stereocenters. The fraction of sp³-hybridized carbons (Fsp3) is 0.647. The summed E-state index contributed by atoms with van der Waals surface area (Å²) in [5, 5.41) is 3.37. The van der Waals surface area contributed by atoms with Gasteiger partial charge in [-0.2, -0.15) is 0 Å². The van der Waals surface area contributed by atoms with E-state index in [-0.39, 0.29) is 0 Å². The van der Waals surface area contributed by atoms with E-state index in [1.54, 1.807) is 0 Å². The third-order valence-electron chi connectivity index (χ3n) is 4.54. The lowest BCUT2D eigenvalue weighted by atomic mass is 9.91. The Balaban J connectivity index is 2.14.